The molecule has 0 aliphatic heterocycles. The van der Waals surface area contributed by atoms with Gasteiger partial charge >= 0.3 is 0 Å². The van der Waals surface area contributed by atoms with Crippen molar-refractivity contribution in [1.82, 2.24) is 0 Å². The molecule has 15 heavy (non-hydrogen) atoms. The molecule has 1 nitrogen and oxygen atoms in total. The standard InChI is InChI=1S/C14H16O/c1-11-7-8-13(14(15)9-11)10-12-5-3-2-4-6-12/h2-6,10-11H,7-9H2,1H3/b13-10-/t11-/m0/s1. The zero-order valence-corrected chi connectivity index (χ0v) is 9.07. The molecule has 0 N–H and O–H groups in total. The van der Waals surface area contributed by atoms with Gasteiger partial charge in [0.1, 0.15) is 0 Å². The molecule has 0 heterocycles. The summed E-state index contributed by atoms with van der Waals surface area (Å²) < 4.78 is 0. The van der Waals surface area contributed by atoms with Gasteiger partial charge in [0, 0.05) is 6.42 Å². The molecule has 1 aromatic carbocycles. The van der Waals surface area contributed by atoms with Crippen LogP contribution in [-0.4, -0.2) is 5.78 Å². The molecule has 1 aliphatic carbocycles. The van der Waals surface area contributed by atoms with E-state index in [0.29, 0.717) is 11.7 Å². The molecule has 1 aromatic rings. The van der Waals surface area contributed by atoms with Gasteiger partial charge in [0.25, 0.3) is 0 Å². The SMILES string of the molecule is C[C@H]1CC/C(=C/c2ccccc2)C(=O)C1. The fraction of sp³-hybridized carbons (Fsp3) is 0.357. The zero-order chi connectivity index (χ0) is 10.7. The van der Waals surface area contributed by atoms with Crippen LogP contribution < -0.4 is 0 Å². The average Bonchev–Trinajstić information content (AvgIpc) is 2.24. The van der Waals surface area contributed by atoms with Crippen LogP contribution in [0.3, 0.4) is 0 Å². The van der Waals surface area contributed by atoms with Gasteiger partial charge in [-0.05, 0) is 36.0 Å². The highest BCUT2D eigenvalue weighted by Gasteiger charge is 2.19. The number of Topliss-reactive ketones (excluding diaryl/α,β-unsaturated/α-hetero) is 1. The van der Waals surface area contributed by atoms with Crippen molar-refractivity contribution in [3.05, 3.63) is 41.5 Å². The van der Waals surface area contributed by atoms with Crippen LogP contribution >= 0.6 is 0 Å². The van der Waals surface area contributed by atoms with Gasteiger partial charge in [0.05, 0.1) is 0 Å². The monoisotopic (exact) mass is 200 g/mol. The van der Waals surface area contributed by atoms with Gasteiger partial charge in [-0.1, -0.05) is 37.3 Å². The molecule has 1 atom stereocenters. The van der Waals surface area contributed by atoms with E-state index in [1.54, 1.807) is 0 Å². The van der Waals surface area contributed by atoms with E-state index in [0.717, 1.165) is 30.4 Å². The molecule has 1 heteroatoms. The fourth-order valence-electron chi connectivity index (χ4n) is 1.99. The lowest BCUT2D eigenvalue weighted by Crippen LogP contribution is -2.15. The number of hydrogen-bond acceptors (Lipinski definition) is 1. The molecule has 0 bridgehead atoms. The Morgan fingerprint density at radius 3 is 2.67 bits per heavy atom. The van der Waals surface area contributed by atoms with Crippen LogP contribution in [0.4, 0.5) is 0 Å². The van der Waals surface area contributed by atoms with Crippen molar-refractivity contribution in [1.29, 1.82) is 0 Å². The Bertz CT molecular complexity index is 376. The Balaban J connectivity index is 2.17. The largest absolute Gasteiger partial charge is 0.295 e. The predicted octanol–water partition coefficient (Wildman–Crippen LogP) is 3.46. The van der Waals surface area contributed by atoms with Crippen LogP contribution in [0.5, 0.6) is 0 Å². The van der Waals surface area contributed by atoms with Gasteiger partial charge < -0.3 is 0 Å². The molecule has 0 aromatic heterocycles. The topological polar surface area (TPSA) is 17.1 Å². The molecule has 1 aliphatic rings. The van der Waals surface area contributed by atoms with E-state index in [9.17, 15) is 4.79 Å². The summed E-state index contributed by atoms with van der Waals surface area (Å²) in [6.45, 7) is 2.15. The van der Waals surface area contributed by atoms with Gasteiger partial charge in [-0.15, -0.1) is 0 Å². The maximum absolute atomic E-state index is 11.7. The van der Waals surface area contributed by atoms with Gasteiger partial charge in [0.15, 0.2) is 5.78 Å². The van der Waals surface area contributed by atoms with Crippen molar-refractivity contribution in [3.63, 3.8) is 0 Å². The molecular formula is C14H16O. The molecule has 0 radical (unpaired) electrons. The summed E-state index contributed by atoms with van der Waals surface area (Å²) in [5.41, 5.74) is 2.13. The molecule has 0 saturated heterocycles. The number of carbonyl (C=O) groups is 1. The van der Waals surface area contributed by atoms with E-state index in [-0.39, 0.29) is 0 Å². The molecule has 0 amide bonds. The molecule has 2 rings (SSSR count). The summed E-state index contributed by atoms with van der Waals surface area (Å²) in [6.07, 6.45) is 4.84. The van der Waals surface area contributed by atoms with Crippen molar-refractivity contribution in [3.8, 4) is 0 Å². The van der Waals surface area contributed by atoms with E-state index in [2.05, 4.69) is 6.92 Å². The quantitative estimate of drug-likeness (QED) is 0.634. The second-order valence-electron chi connectivity index (χ2n) is 4.35. The molecule has 0 spiro atoms. The van der Waals surface area contributed by atoms with Crippen LogP contribution in [0.15, 0.2) is 35.9 Å². The van der Waals surface area contributed by atoms with E-state index < -0.39 is 0 Å². The van der Waals surface area contributed by atoms with E-state index in [1.165, 1.54) is 0 Å². The number of ketones is 1. The second kappa shape index (κ2) is 4.43. The van der Waals surface area contributed by atoms with E-state index in [4.69, 9.17) is 0 Å². The van der Waals surface area contributed by atoms with Gasteiger partial charge in [0.2, 0.25) is 0 Å². The normalized spacial score (nSPS) is 24.5. The fourth-order valence-corrected chi connectivity index (χ4v) is 1.99. The summed E-state index contributed by atoms with van der Waals surface area (Å²) in [5.74, 6) is 0.892. The molecule has 0 unspecified atom stereocenters. The van der Waals surface area contributed by atoms with Crippen LogP contribution in [0, 0.1) is 5.92 Å². The maximum Gasteiger partial charge on any atom is 0.159 e. The Morgan fingerprint density at radius 2 is 2.00 bits per heavy atom. The lowest BCUT2D eigenvalue weighted by molar-refractivity contribution is -0.117. The molecule has 1 saturated carbocycles. The lowest BCUT2D eigenvalue weighted by Gasteiger charge is -2.18. The summed E-state index contributed by atoms with van der Waals surface area (Å²) in [4.78, 5) is 11.7. The Hall–Kier alpha value is -1.37. The highest BCUT2D eigenvalue weighted by molar-refractivity contribution is 6.00. The second-order valence-corrected chi connectivity index (χ2v) is 4.35. The minimum atomic E-state index is 0.331. The van der Waals surface area contributed by atoms with Crippen molar-refractivity contribution in [2.75, 3.05) is 0 Å². The minimum absolute atomic E-state index is 0.331. The smallest absolute Gasteiger partial charge is 0.159 e. The highest BCUT2D eigenvalue weighted by Crippen LogP contribution is 2.26. The van der Waals surface area contributed by atoms with Crippen LogP contribution in [0.2, 0.25) is 0 Å². The number of carbonyl (C=O) groups excluding carboxylic acids is 1. The highest BCUT2D eigenvalue weighted by atomic mass is 16.1. The third-order valence-electron chi connectivity index (χ3n) is 2.94. The first-order valence-corrected chi connectivity index (χ1v) is 5.54. The van der Waals surface area contributed by atoms with E-state index >= 15 is 0 Å². The predicted molar refractivity (Wildman–Crippen MR) is 62.4 cm³/mol. The van der Waals surface area contributed by atoms with Crippen LogP contribution in [0.25, 0.3) is 6.08 Å². The number of allylic oxidation sites excluding steroid dienone is 1. The number of hydrogen-bond donors (Lipinski definition) is 0. The summed E-state index contributed by atoms with van der Waals surface area (Å²) in [5, 5.41) is 0. The first kappa shape index (κ1) is 10.2. The first-order valence-electron chi connectivity index (χ1n) is 5.54. The molecule has 1 fully saturated rings. The van der Waals surface area contributed by atoms with Crippen molar-refractivity contribution in [2.24, 2.45) is 5.92 Å². The number of rotatable bonds is 1. The van der Waals surface area contributed by atoms with Crippen molar-refractivity contribution in [2.45, 2.75) is 26.2 Å². The van der Waals surface area contributed by atoms with Crippen molar-refractivity contribution < 1.29 is 4.79 Å². The zero-order valence-electron chi connectivity index (χ0n) is 9.07. The van der Waals surface area contributed by atoms with E-state index in [1.807, 2.05) is 36.4 Å². The Morgan fingerprint density at radius 1 is 1.27 bits per heavy atom. The lowest BCUT2D eigenvalue weighted by atomic mass is 9.85. The number of benzene rings is 1. The summed E-state index contributed by atoms with van der Waals surface area (Å²) >= 11 is 0. The molecule has 78 valence electrons. The summed E-state index contributed by atoms with van der Waals surface area (Å²) in [7, 11) is 0. The Labute approximate surface area is 90.8 Å². The first-order chi connectivity index (χ1) is 7.25. The van der Waals surface area contributed by atoms with Crippen LogP contribution in [0.1, 0.15) is 31.7 Å². The molecular weight excluding hydrogens is 184 g/mol. The van der Waals surface area contributed by atoms with Gasteiger partial charge in [-0.25, -0.2) is 0 Å². The van der Waals surface area contributed by atoms with Crippen molar-refractivity contribution >= 4 is 11.9 Å². The third-order valence-corrected chi connectivity index (χ3v) is 2.94. The maximum atomic E-state index is 11.7. The Kier molecular flexibility index (Phi) is 3.00. The van der Waals surface area contributed by atoms with Gasteiger partial charge in [-0.3, -0.25) is 4.79 Å². The minimum Gasteiger partial charge on any atom is -0.295 e. The van der Waals surface area contributed by atoms with Gasteiger partial charge in [-0.2, -0.15) is 0 Å². The average molecular weight is 200 g/mol. The van der Waals surface area contributed by atoms with Crippen LogP contribution in [-0.2, 0) is 4.79 Å². The third kappa shape index (κ3) is 2.56. The summed E-state index contributed by atoms with van der Waals surface area (Å²) in [6, 6.07) is 10.1.